The first-order valence-electron chi connectivity index (χ1n) is 6.27. The number of benzene rings is 1. The van der Waals surface area contributed by atoms with Crippen molar-refractivity contribution in [2.24, 2.45) is 11.3 Å². The largest absolute Gasteiger partial charge is 0.497 e. The van der Waals surface area contributed by atoms with E-state index in [2.05, 4.69) is 45.1 Å². The van der Waals surface area contributed by atoms with Gasteiger partial charge in [-0.05, 0) is 35.6 Å². The summed E-state index contributed by atoms with van der Waals surface area (Å²) >= 11 is 0. The summed E-state index contributed by atoms with van der Waals surface area (Å²) in [6.45, 7) is 11.1. The summed E-state index contributed by atoms with van der Waals surface area (Å²) in [5, 5.41) is 3.50. The maximum atomic E-state index is 5.21. The molecule has 1 N–H and O–H groups in total. The Hall–Kier alpha value is -1.02. The molecule has 0 aliphatic heterocycles. The zero-order chi connectivity index (χ0) is 12.9. The summed E-state index contributed by atoms with van der Waals surface area (Å²) in [4.78, 5) is 0. The zero-order valence-electron chi connectivity index (χ0n) is 11.7. The fourth-order valence-electron chi connectivity index (χ4n) is 1.52. The van der Waals surface area contributed by atoms with Crippen LogP contribution in [0.25, 0.3) is 0 Å². The molecule has 1 atom stereocenters. The lowest BCUT2D eigenvalue weighted by atomic mass is 9.82. The number of nitrogens with one attached hydrogen (secondary N) is 1. The van der Waals surface area contributed by atoms with Crippen LogP contribution in [0, 0.1) is 11.3 Å². The summed E-state index contributed by atoms with van der Waals surface area (Å²) < 4.78 is 5.21. The van der Waals surface area contributed by atoms with Gasteiger partial charge in [-0.3, -0.25) is 0 Å². The van der Waals surface area contributed by atoms with Crippen LogP contribution in [0.3, 0.4) is 0 Å². The SMILES string of the molecule is COc1cccc(CNCC(C)C(C)(C)C)c1. The van der Waals surface area contributed by atoms with Gasteiger partial charge in [0.1, 0.15) is 5.75 Å². The average Bonchev–Trinajstić information content (AvgIpc) is 2.28. The first kappa shape index (κ1) is 14.0. The molecule has 0 heterocycles. The normalized spacial score (nSPS) is 13.5. The molecule has 1 rings (SSSR count). The van der Waals surface area contributed by atoms with Crippen LogP contribution in [0.2, 0.25) is 0 Å². The van der Waals surface area contributed by atoms with Gasteiger partial charge in [0, 0.05) is 6.54 Å². The highest BCUT2D eigenvalue weighted by atomic mass is 16.5. The van der Waals surface area contributed by atoms with Crippen LogP contribution in [0.5, 0.6) is 5.75 Å². The molecular weight excluding hydrogens is 210 g/mol. The van der Waals surface area contributed by atoms with Crippen molar-refractivity contribution in [2.75, 3.05) is 13.7 Å². The van der Waals surface area contributed by atoms with Crippen molar-refractivity contribution in [2.45, 2.75) is 34.2 Å². The van der Waals surface area contributed by atoms with Gasteiger partial charge in [0.2, 0.25) is 0 Å². The van der Waals surface area contributed by atoms with Gasteiger partial charge in [-0.1, -0.05) is 39.8 Å². The Bertz CT molecular complexity index is 341. The highest BCUT2D eigenvalue weighted by Crippen LogP contribution is 2.24. The summed E-state index contributed by atoms with van der Waals surface area (Å²) in [6.07, 6.45) is 0. The quantitative estimate of drug-likeness (QED) is 0.844. The van der Waals surface area contributed by atoms with Crippen LogP contribution in [-0.2, 0) is 6.54 Å². The van der Waals surface area contributed by atoms with Crippen LogP contribution in [0.1, 0.15) is 33.3 Å². The molecule has 1 unspecified atom stereocenters. The fourth-order valence-corrected chi connectivity index (χ4v) is 1.52. The van der Waals surface area contributed by atoms with E-state index in [1.54, 1.807) is 7.11 Å². The molecule has 0 radical (unpaired) electrons. The topological polar surface area (TPSA) is 21.3 Å². The molecule has 0 aliphatic rings. The molecule has 0 saturated carbocycles. The molecule has 17 heavy (non-hydrogen) atoms. The Balaban J connectivity index is 2.40. The van der Waals surface area contributed by atoms with Crippen molar-refractivity contribution in [1.82, 2.24) is 5.32 Å². The van der Waals surface area contributed by atoms with E-state index in [1.165, 1.54) is 5.56 Å². The standard InChI is InChI=1S/C15H25NO/c1-12(15(2,3)4)10-16-11-13-7-6-8-14(9-13)17-5/h6-9,12,16H,10-11H2,1-5H3. The Kier molecular flexibility index (Phi) is 5.01. The molecule has 1 aromatic rings. The number of rotatable bonds is 5. The Morgan fingerprint density at radius 2 is 2.00 bits per heavy atom. The van der Waals surface area contributed by atoms with Crippen molar-refractivity contribution in [1.29, 1.82) is 0 Å². The second-order valence-electron chi connectivity index (χ2n) is 5.75. The Morgan fingerprint density at radius 3 is 2.59 bits per heavy atom. The van der Waals surface area contributed by atoms with E-state index in [-0.39, 0.29) is 0 Å². The molecule has 0 saturated heterocycles. The van der Waals surface area contributed by atoms with E-state index in [9.17, 15) is 0 Å². The van der Waals surface area contributed by atoms with Gasteiger partial charge < -0.3 is 10.1 Å². The summed E-state index contributed by atoms with van der Waals surface area (Å²) in [6, 6.07) is 8.20. The van der Waals surface area contributed by atoms with Crippen LogP contribution >= 0.6 is 0 Å². The minimum Gasteiger partial charge on any atom is -0.497 e. The van der Waals surface area contributed by atoms with Gasteiger partial charge in [0.15, 0.2) is 0 Å². The lowest BCUT2D eigenvalue weighted by Gasteiger charge is -2.27. The Labute approximate surface area is 105 Å². The number of hydrogen-bond donors (Lipinski definition) is 1. The number of hydrogen-bond acceptors (Lipinski definition) is 2. The minimum absolute atomic E-state index is 0.362. The predicted octanol–water partition coefficient (Wildman–Crippen LogP) is 3.47. The number of methoxy groups -OCH3 is 1. The smallest absolute Gasteiger partial charge is 0.119 e. The Morgan fingerprint density at radius 1 is 1.29 bits per heavy atom. The lowest BCUT2D eigenvalue weighted by molar-refractivity contribution is 0.252. The van der Waals surface area contributed by atoms with E-state index in [0.29, 0.717) is 11.3 Å². The van der Waals surface area contributed by atoms with Crippen molar-refractivity contribution in [3.63, 3.8) is 0 Å². The molecule has 0 fully saturated rings. The van der Waals surface area contributed by atoms with E-state index < -0.39 is 0 Å². The monoisotopic (exact) mass is 235 g/mol. The average molecular weight is 235 g/mol. The minimum atomic E-state index is 0.362. The van der Waals surface area contributed by atoms with E-state index >= 15 is 0 Å². The molecule has 2 nitrogen and oxygen atoms in total. The third-order valence-corrected chi connectivity index (χ3v) is 3.39. The van der Waals surface area contributed by atoms with Gasteiger partial charge >= 0.3 is 0 Å². The zero-order valence-corrected chi connectivity index (χ0v) is 11.7. The van der Waals surface area contributed by atoms with Crippen LogP contribution in [0.4, 0.5) is 0 Å². The van der Waals surface area contributed by atoms with Crippen molar-refractivity contribution < 1.29 is 4.74 Å². The van der Waals surface area contributed by atoms with Gasteiger partial charge in [-0.25, -0.2) is 0 Å². The van der Waals surface area contributed by atoms with E-state index in [0.717, 1.165) is 18.8 Å². The first-order chi connectivity index (χ1) is 7.93. The molecule has 0 bridgehead atoms. The molecule has 2 heteroatoms. The highest BCUT2D eigenvalue weighted by molar-refractivity contribution is 5.28. The van der Waals surface area contributed by atoms with Crippen LogP contribution in [0.15, 0.2) is 24.3 Å². The predicted molar refractivity (Wildman–Crippen MR) is 73.3 cm³/mol. The van der Waals surface area contributed by atoms with Crippen LogP contribution < -0.4 is 10.1 Å². The summed E-state index contributed by atoms with van der Waals surface area (Å²) in [5.74, 6) is 1.58. The molecule has 0 aliphatic carbocycles. The fraction of sp³-hybridized carbons (Fsp3) is 0.600. The summed E-state index contributed by atoms with van der Waals surface area (Å²) in [5.41, 5.74) is 1.63. The second kappa shape index (κ2) is 6.06. The highest BCUT2D eigenvalue weighted by Gasteiger charge is 2.18. The van der Waals surface area contributed by atoms with E-state index in [4.69, 9.17) is 4.74 Å². The first-order valence-corrected chi connectivity index (χ1v) is 6.27. The number of ether oxygens (including phenoxy) is 1. The van der Waals surface area contributed by atoms with Gasteiger partial charge in [-0.2, -0.15) is 0 Å². The van der Waals surface area contributed by atoms with Gasteiger partial charge in [-0.15, -0.1) is 0 Å². The maximum Gasteiger partial charge on any atom is 0.119 e. The summed E-state index contributed by atoms with van der Waals surface area (Å²) in [7, 11) is 1.70. The van der Waals surface area contributed by atoms with Crippen LogP contribution in [-0.4, -0.2) is 13.7 Å². The van der Waals surface area contributed by atoms with Crippen molar-refractivity contribution in [3.05, 3.63) is 29.8 Å². The lowest BCUT2D eigenvalue weighted by Crippen LogP contribution is -2.29. The molecule has 0 spiro atoms. The molecule has 0 aromatic heterocycles. The van der Waals surface area contributed by atoms with E-state index in [1.807, 2.05) is 12.1 Å². The van der Waals surface area contributed by atoms with Gasteiger partial charge in [0.05, 0.1) is 7.11 Å². The molecular formula is C15H25NO. The van der Waals surface area contributed by atoms with Crippen molar-refractivity contribution >= 4 is 0 Å². The van der Waals surface area contributed by atoms with Gasteiger partial charge in [0.25, 0.3) is 0 Å². The van der Waals surface area contributed by atoms with Crippen molar-refractivity contribution in [3.8, 4) is 5.75 Å². The second-order valence-corrected chi connectivity index (χ2v) is 5.75. The third kappa shape index (κ3) is 4.78. The molecule has 0 amide bonds. The molecule has 96 valence electrons. The third-order valence-electron chi connectivity index (χ3n) is 3.39. The maximum absolute atomic E-state index is 5.21. The molecule has 1 aromatic carbocycles.